The van der Waals surface area contributed by atoms with Gasteiger partial charge in [-0.2, -0.15) is 0 Å². The van der Waals surface area contributed by atoms with E-state index in [2.05, 4.69) is 10.6 Å². The average molecular weight is 250 g/mol. The van der Waals surface area contributed by atoms with Crippen LogP contribution in [0.5, 0.6) is 0 Å². The summed E-state index contributed by atoms with van der Waals surface area (Å²) in [5.41, 5.74) is 1.31. The first-order valence-corrected chi connectivity index (χ1v) is 5.75. The van der Waals surface area contributed by atoms with Crippen molar-refractivity contribution in [3.63, 3.8) is 0 Å². The zero-order valence-corrected chi connectivity index (χ0v) is 10.8. The first kappa shape index (κ1) is 14.2. The molecular formula is C13H18N2O3. The summed E-state index contributed by atoms with van der Waals surface area (Å²) in [4.78, 5) is 22.8. The SMILES string of the molecule is CNCC(C)C(=O)Nc1cccc(C(=O)O)c1C. The van der Waals surface area contributed by atoms with Gasteiger partial charge in [-0.05, 0) is 31.7 Å². The quantitative estimate of drug-likeness (QED) is 0.739. The molecule has 0 bridgehead atoms. The number of carboxylic acid groups (broad SMARTS) is 1. The van der Waals surface area contributed by atoms with Crippen LogP contribution in [0.2, 0.25) is 0 Å². The summed E-state index contributed by atoms with van der Waals surface area (Å²) in [6.45, 7) is 4.06. The lowest BCUT2D eigenvalue weighted by Gasteiger charge is -2.14. The Bertz CT molecular complexity index is 458. The number of carbonyl (C=O) groups is 2. The van der Waals surface area contributed by atoms with Crippen molar-refractivity contribution in [2.45, 2.75) is 13.8 Å². The molecule has 0 fully saturated rings. The number of anilines is 1. The van der Waals surface area contributed by atoms with Gasteiger partial charge in [0.15, 0.2) is 0 Å². The molecule has 5 heteroatoms. The van der Waals surface area contributed by atoms with Crippen molar-refractivity contribution in [3.05, 3.63) is 29.3 Å². The number of carbonyl (C=O) groups excluding carboxylic acids is 1. The van der Waals surface area contributed by atoms with Crippen LogP contribution < -0.4 is 10.6 Å². The first-order chi connectivity index (χ1) is 8.47. The van der Waals surface area contributed by atoms with Crippen molar-refractivity contribution in [2.24, 2.45) is 5.92 Å². The topological polar surface area (TPSA) is 78.4 Å². The van der Waals surface area contributed by atoms with Gasteiger partial charge in [0.25, 0.3) is 0 Å². The summed E-state index contributed by atoms with van der Waals surface area (Å²) in [5.74, 6) is -1.30. The summed E-state index contributed by atoms with van der Waals surface area (Å²) in [6, 6.07) is 4.84. The Hall–Kier alpha value is -1.88. The molecular weight excluding hydrogens is 232 g/mol. The Morgan fingerprint density at radius 3 is 2.61 bits per heavy atom. The van der Waals surface area contributed by atoms with Gasteiger partial charge in [-0.25, -0.2) is 4.79 Å². The highest BCUT2D eigenvalue weighted by Crippen LogP contribution is 2.19. The molecule has 0 aromatic heterocycles. The monoisotopic (exact) mass is 250 g/mol. The number of aromatic carboxylic acids is 1. The van der Waals surface area contributed by atoms with E-state index in [9.17, 15) is 9.59 Å². The van der Waals surface area contributed by atoms with Gasteiger partial charge >= 0.3 is 5.97 Å². The van der Waals surface area contributed by atoms with Crippen molar-refractivity contribution in [1.82, 2.24) is 5.32 Å². The molecule has 1 aromatic carbocycles. The van der Waals surface area contributed by atoms with Gasteiger partial charge in [0, 0.05) is 18.2 Å². The third-order valence-electron chi connectivity index (χ3n) is 2.78. The summed E-state index contributed by atoms with van der Waals surface area (Å²) < 4.78 is 0. The van der Waals surface area contributed by atoms with Crippen molar-refractivity contribution < 1.29 is 14.7 Å². The third-order valence-corrected chi connectivity index (χ3v) is 2.78. The predicted molar refractivity (Wildman–Crippen MR) is 69.9 cm³/mol. The van der Waals surface area contributed by atoms with Crippen molar-refractivity contribution >= 4 is 17.6 Å². The minimum absolute atomic E-state index is 0.130. The van der Waals surface area contributed by atoms with E-state index >= 15 is 0 Å². The van der Waals surface area contributed by atoms with Gasteiger partial charge in [0.05, 0.1) is 5.56 Å². The second kappa shape index (κ2) is 6.16. The number of hydrogen-bond acceptors (Lipinski definition) is 3. The van der Waals surface area contributed by atoms with E-state index in [0.29, 0.717) is 17.8 Å². The molecule has 5 nitrogen and oxygen atoms in total. The minimum atomic E-state index is -0.994. The normalized spacial score (nSPS) is 11.9. The zero-order valence-electron chi connectivity index (χ0n) is 10.8. The molecule has 18 heavy (non-hydrogen) atoms. The van der Waals surface area contributed by atoms with Gasteiger partial charge in [-0.3, -0.25) is 4.79 Å². The van der Waals surface area contributed by atoms with E-state index < -0.39 is 5.97 Å². The smallest absolute Gasteiger partial charge is 0.336 e. The lowest BCUT2D eigenvalue weighted by atomic mass is 10.1. The molecule has 1 atom stereocenters. The van der Waals surface area contributed by atoms with Gasteiger partial charge < -0.3 is 15.7 Å². The maximum atomic E-state index is 11.8. The van der Waals surface area contributed by atoms with Crippen molar-refractivity contribution in [3.8, 4) is 0 Å². The standard InChI is InChI=1S/C13H18N2O3/c1-8(7-14-3)12(16)15-11-6-4-5-10(9(11)2)13(17)18/h4-6,8,14H,7H2,1-3H3,(H,15,16)(H,17,18). The second-order valence-corrected chi connectivity index (χ2v) is 4.23. The van der Waals surface area contributed by atoms with Crippen LogP contribution in [0, 0.1) is 12.8 Å². The molecule has 3 N–H and O–H groups in total. The third kappa shape index (κ3) is 3.30. The molecule has 0 aliphatic heterocycles. The minimum Gasteiger partial charge on any atom is -0.478 e. The Kier molecular flexibility index (Phi) is 4.85. The number of benzene rings is 1. The van der Waals surface area contributed by atoms with E-state index in [0.717, 1.165) is 0 Å². The van der Waals surface area contributed by atoms with E-state index in [4.69, 9.17) is 5.11 Å². The van der Waals surface area contributed by atoms with Crippen LogP contribution in [0.1, 0.15) is 22.8 Å². The highest BCUT2D eigenvalue weighted by molar-refractivity contribution is 5.96. The van der Waals surface area contributed by atoms with Crippen LogP contribution in [-0.4, -0.2) is 30.6 Å². The van der Waals surface area contributed by atoms with Crippen molar-refractivity contribution in [1.29, 1.82) is 0 Å². The molecule has 1 aromatic rings. The average Bonchev–Trinajstić information content (AvgIpc) is 2.31. The van der Waals surface area contributed by atoms with Crippen molar-refractivity contribution in [2.75, 3.05) is 18.9 Å². The molecule has 1 rings (SSSR count). The molecule has 0 heterocycles. The molecule has 0 saturated heterocycles. The van der Waals surface area contributed by atoms with Gasteiger partial charge in [-0.15, -0.1) is 0 Å². The second-order valence-electron chi connectivity index (χ2n) is 4.23. The Morgan fingerprint density at radius 2 is 2.06 bits per heavy atom. The van der Waals surface area contributed by atoms with Crippen LogP contribution in [0.4, 0.5) is 5.69 Å². The molecule has 0 radical (unpaired) electrons. The number of amides is 1. The summed E-state index contributed by atoms with van der Waals surface area (Å²) in [7, 11) is 1.78. The Morgan fingerprint density at radius 1 is 1.39 bits per heavy atom. The molecule has 0 saturated carbocycles. The Labute approximate surface area is 106 Å². The maximum absolute atomic E-state index is 11.8. The van der Waals surface area contributed by atoms with Crippen LogP contribution in [-0.2, 0) is 4.79 Å². The highest BCUT2D eigenvalue weighted by Gasteiger charge is 2.15. The first-order valence-electron chi connectivity index (χ1n) is 5.75. The molecule has 0 aliphatic rings. The van der Waals surface area contributed by atoms with E-state index in [1.54, 1.807) is 26.1 Å². The molecule has 1 unspecified atom stereocenters. The fraction of sp³-hybridized carbons (Fsp3) is 0.385. The fourth-order valence-electron chi connectivity index (χ4n) is 1.66. The maximum Gasteiger partial charge on any atom is 0.336 e. The molecule has 0 aliphatic carbocycles. The van der Waals surface area contributed by atoms with Crippen LogP contribution in [0.15, 0.2) is 18.2 Å². The number of carboxylic acids is 1. The summed E-state index contributed by atoms with van der Waals surface area (Å²) >= 11 is 0. The highest BCUT2D eigenvalue weighted by atomic mass is 16.4. The summed E-state index contributed by atoms with van der Waals surface area (Å²) in [5, 5.41) is 14.7. The van der Waals surface area contributed by atoms with E-state index in [1.165, 1.54) is 6.07 Å². The van der Waals surface area contributed by atoms with Crippen LogP contribution in [0.25, 0.3) is 0 Å². The van der Waals surface area contributed by atoms with Crippen LogP contribution >= 0.6 is 0 Å². The number of nitrogens with one attached hydrogen (secondary N) is 2. The predicted octanol–water partition coefficient (Wildman–Crippen LogP) is 1.49. The summed E-state index contributed by atoms with van der Waals surface area (Å²) in [6.07, 6.45) is 0. The fourth-order valence-corrected chi connectivity index (χ4v) is 1.66. The Balaban J connectivity index is 2.88. The van der Waals surface area contributed by atoms with Crippen LogP contribution in [0.3, 0.4) is 0 Å². The largest absolute Gasteiger partial charge is 0.478 e. The zero-order chi connectivity index (χ0) is 13.7. The van der Waals surface area contributed by atoms with E-state index in [-0.39, 0.29) is 17.4 Å². The lowest BCUT2D eigenvalue weighted by Crippen LogP contribution is -2.29. The van der Waals surface area contributed by atoms with Gasteiger partial charge in [-0.1, -0.05) is 13.0 Å². The molecule has 0 spiro atoms. The van der Waals surface area contributed by atoms with Gasteiger partial charge in [0.2, 0.25) is 5.91 Å². The number of hydrogen-bond donors (Lipinski definition) is 3. The molecule has 1 amide bonds. The number of rotatable bonds is 5. The van der Waals surface area contributed by atoms with E-state index in [1.807, 2.05) is 6.92 Å². The van der Waals surface area contributed by atoms with Gasteiger partial charge in [0.1, 0.15) is 0 Å². The molecule has 98 valence electrons. The lowest BCUT2D eigenvalue weighted by molar-refractivity contribution is -0.119.